The minimum Gasteiger partial charge on any atom is -0.496 e. The van der Waals surface area contributed by atoms with Crippen LogP contribution in [0.1, 0.15) is 25.0 Å². The molecule has 0 aliphatic carbocycles. The van der Waals surface area contributed by atoms with Gasteiger partial charge in [0.05, 0.1) is 7.11 Å². The molecule has 0 unspecified atom stereocenters. The highest BCUT2D eigenvalue weighted by Gasteiger charge is 2.14. The predicted molar refractivity (Wildman–Crippen MR) is 59.7 cm³/mol. The zero-order valence-electron chi connectivity index (χ0n) is 9.73. The first kappa shape index (κ1) is 12.0. The van der Waals surface area contributed by atoms with Gasteiger partial charge >= 0.3 is 0 Å². The number of nitrogens with two attached hydrogens (primary N) is 1. The second kappa shape index (κ2) is 4.19. The summed E-state index contributed by atoms with van der Waals surface area (Å²) >= 11 is 0. The third kappa shape index (κ3) is 3.20. The molecule has 0 radical (unpaired) electrons. The van der Waals surface area contributed by atoms with Crippen LogP contribution < -0.4 is 10.5 Å². The first-order chi connectivity index (χ1) is 6.83. The minimum absolute atomic E-state index is 0.242. The van der Waals surface area contributed by atoms with Crippen LogP contribution in [0.15, 0.2) is 12.1 Å². The number of rotatable bonds is 3. The normalized spacial score (nSPS) is 11.6. The lowest BCUT2D eigenvalue weighted by Gasteiger charge is -2.19. The predicted octanol–water partition coefficient (Wildman–Crippen LogP) is 2.42. The molecule has 0 fully saturated rings. The van der Waals surface area contributed by atoms with Crippen LogP contribution in [0.4, 0.5) is 4.39 Å². The van der Waals surface area contributed by atoms with Crippen molar-refractivity contribution in [3.8, 4) is 5.75 Å². The first-order valence-electron chi connectivity index (χ1n) is 4.95. The molecule has 0 heterocycles. The number of halogens is 1. The van der Waals surface area contributed by atoms with E-state index in [1.54, 1.807) is 14.0 Å². The van der Waals surface area contributed by atoms with Crippen molar-refractivity contribution in [3.05, 3.63) is 29.1 Å². The van der Waals surface area contributed by atoms with Crippen LogP contribution in [-0.4, -0.2) is 12.6 Å². The number of hydrogen-bond donors (Lipinski definition) is 1. The molecular formula is C12H18FNO. The van der Waals surface area contributed by atoms with Gasteiger partial charge in [-0.1, -0.05) is 0 Å². The lowest BCUT2D eigenvalue weighted by molar-refractivity contribution is 0.405. The molecule has 0 amide bonds. The van der Waals surface area contributed by atoms with E-state index in [2.05, 4.69) is 0 Å². The second-order valence-corrected chi connectivity index (χ2v) is 4.57. The quantitative estimate of drug-likeness (QED) is 0.833. The molecule has 0 saturated heterocycles. The van der Waals surface area contributed by atoms with Gasteiger partial charge in [0.1, 0.15) is 11.6 Å². The van der Waals surface area contributed by atoms with Crippen molar-refractivity contribution in [2.75, 3.05) is 7.11 Å². The Morgan fingerprint density at radius 2 is 2.00 bits per heavy atom. The zero-order valence-corrected chi connectivity index (χ0v) is 9.73. The van der Waals surface area contributed by atoms with E-state index in [1.165, 1.54) is 6.07 Å². The summed E-state index contributed by atoms with van der Waals surface area (Å²) in [6.45, 7) is 5.53. The molecule has 1 aromatic carbocycles. The molecule has 0 bridgehead atoms. The summed E-state index contributed by atoms with van der Waals surface area (Å²) in [6, 6.07) is 3.36. The molecule has 84 valence electrons. The summed E-state index contributed by atoms with van der Waals surface area (Å²) < 4.78 is 18.6. The number of benzene rings is 1. The lowest BCUT2D eigenvalue weighted by Crippen LogP contribution is -2.34. The molecule has 1 rings (SSSR count). The average molecular weight is 211 g/mol. The molecule has 3 heteroatoms. The van der Waals surface area contributed by atoms with Gasteiger partial charge in [-0.05, 0) is 44.9 Å². The van der Waals surface area contributed by atoms with Gasteiger partial charge < -0.3 is 10.5 Å². The Bertz CT molecular complexity index is 355. The Morgan fingerprint density at radius 1 is 1.40 bits per heavy atom. The van der Waals surface area contributed by atoms with E-state index in [-0.39, 0.29) is 11.4 Å². The van der Waals surface area contributed by atoms with Crippen molar-refractivity contribution >= 4 is 0 Å². The van der Waals surface area contributed by atoms with Crippen LogP contribution in [0.3, 0.4) is 0 Å². The maximum absolute atomic E-state index is 13.5. The zero-order chi connectivity index (χ0) is 11.6. The third-order valence-electron chi connectivity index (χ3n) is 2.24. The van der Waals surface area contributed by atoms with Crippen molar-refractivity contribution < 1.29 is 9.13 Å². The highest BCUT2D eigenvalue weighted by molar-refractivity contribution is 5.38. The summed E-state index contributed by atoms with van der Waals surface area (Å²) in [6.07, 6.45) is 0.626. The highest BCUT2D eigenvalue weighted by atomic mass is 19.1. The van der Waals surface area contributed by atoms with E-state index in [0.717, 1.165) is 5.56 Å². The van der Waals surface area contributed by atoms with Crippen LogP contribution in [0.2, 0.25) is 0 Å². The van der Waals surface area contributed by atoms with Crippen molar-refractivity contribution in [2.45, 2.75) is 32.7 Å². The Balaban J connectivity index is 3.06. The van der Waals surface area contributed by atoms with Gasteiger partial charge in [0.25, 0.3) is 0 Å². The van der Waals surface area contributed by atoms with Crippen LogP contribution >= 0.6 is 0 Å². The standard InChI is InChI=1S/C12H18FNO/c1-8-10(13)5-9(6-11(8)15-4)7-12(2,3)14/h5-6H,7,14H2,1-4H3. The number of methoxy groups -OCH3 is 1. The fraction of sp³-hybridized carbons (Fsp3) is 0.500. The smallest absolute Gasteiger partial charge is 0.130 e. The van der Waals surface area contributed by atoms with Gasteiger partial charge in [-0.3, -0.25) is 0 Å². The van der Waals surface area contributed by atoms with Gasteiger partial charge in [0, 0.05) is 11.1 Å². The van der Waals surface area contributed by atoms with E-state index < -0.39 is 0 Å². The maximum atomic E-state index is 13.5. The van der Waals surface area contributed by atoms with E-state index in [4.69, 9.17) is 10.5 Å². The molecule has 0 aliphatic heterocycles. The summed E-state index contributed by atoms with van der Waals surface area (Å²) in [5.41, 5.74) is 6.94. The van der Waals surface area contributed by atoms with Crippen molar-refractivity contribution in [3.63, 3.8) is 0 Å². The average Bonchev–Trinajstić information content (AvgIpc) is 2.08. The largest absolute Gasteiger partial charge is 0.496 e. The fourth-order valence-electron chi connectivity index (χ4n) is 1.55. The SMILES string of the molecule is COc1cc(CC(C)(C)N)cc(F)c1C. The summed E-state index contributed by atoms with van der Waals surface area (Å²) in [5, 5.41) is 0. The van der Waals surface area contributed by atoms with Gasteiger partial charge in [0.2, 0.25) is 0 Å². The summed E-state index contributed by atoms with van der Waals surface area (Å²) in [7, 11) is 1.54. The Hall–Kier alpha value is -1.09. The van der Waals surface area contributed by atoms with Gasteiger partial charge in [0.15, 0.2) is 0 Å². The number of hydrogen-bond acceptors (Lipinski definition) is 2. The lowest BCUT2D eigenvalue weighted by atomic mass is 9.95. The molecular weight excluding hydrogens is 193 g/mol. The molecule has 0 saturated carbocycles. The van der Waals surface area contributed by atoms with Crippen LogP contribution in [0, 0.1) is 12.7 Å². The van der Waals surface area contributed by atoms with Gasteiger partial charge in [-0.15, -0.1) is 0 Å². The number of ether oxygens (including phenoxy) is 1. The molecule has 0 atom stereocenters. The van der Waals surface area contributed by atoms with E-state index in [1.807, 2.05) is 19.9 Å². The highest BCUT2D eigenvalue weighted by Crippen LogP contribution is 2.24. The van der Waals surface area contributed by atoms with Crippen molar-refractivity contribution in [1.82, 2.24) is 0 Å². The molecule has 2 N–H and O–H groups in total. The maximum Gasteiger partial charge on any atom is 0.130 e. The van der Waals surface area contributed by atoms with Gasteiger partial charge in [-0.25, -0.2) is 4.39 Å². The van der Waals surface area contributed by atoms with Gasteiger partial charge in [-0.2, -0.15) is 0 Å². The molecule has 15 heavy (non-hydrogen) atoms. The summed E-state index contributed by atoms with van der Waals surface area (Å²) in [5.74, 6) is 0.336. The minimum atomic E-state index is -0.341. The van der Waals surface area contributed by atoms with E-state index in [9.17, 15) is 4.39 Å². The molecule has 0 aromatic heterocycles. The Labute approximate surface area is 90.2 Å². The molecule has 1 aromatic rings. The topological polar surface area (TPSA) is 35.2 Å². The third-order valence-corrected chi connectivity index (χ3v) is 2.24. The summed E-state index contributed by atoms with van der Waals surface area (Å²) in [4.78, 5) is 0. The van der Waals surface area contributed by atoms with Crippen molar-refractivity contribution in [2.24, 2.45) is 5.73 Å². The Morgan fingerprint density at radius 3 is 2.47 bits per heavy atom. The first-order valence-corrected chi connectivity index (χ1v) is 4.95. The molecule has 0 aliphatic rings. The van der Waals surface area contributed by atoms with E-state index >= 15 is 0 Å². The monoisotopic (exact) mass is 211 g/mol. The van der Waals surface area contributed by atoms with Crippen LogP contribution in [-0.2, 0) is 6.42 Å². The second-order valence-electron chi connectivity index (χ2n) is 4.57. The fourth-order valence-corrected chi connectivity index (χ4v) is 1.55. The van der Waals surface area contributed by atoms with Crippen LogP contribution in [0.25, 0.3) is 0 Å². The molecule has 0 spiro atoms. The van der Waals surface area contributed by atoms with Crippen LogP contribution in [0.5, 0.6) is 5.75 Å². The van der Waals surface area contributed by atoms with Crippen molar-refractivity contribution in [1.29, 1.82) is 0 Å². The van der Waals surface area contributed by atoms with E-state index in [0.29, 0.717) is 17.7 Å². The molecule has 2 nitrogen and oxygen atoms in total. The Kier molecular flexibility index (Phi) is 3.35.